The van der Waals surface area contributed by atoms with Crippen molar-refractivity contribution >= 4 is 22.6 Å². The number of halogens is 1. The molecular weight excluding hydrogens is 293 g/mol. The zero-order valence-corrected chi connectivity index (χ0v) is 12.9. The molecule has 0 spiro atoms. The first-order valence-corrected chi connectivity index (χ1v) is 7.36. The molecule has 0 atom stereocenters. The van der Waals surface area contributed by atoms with Crippen LogP contribution in [-0.2, 0) is 0 Å². The number of carbonyl (C=O) groups excluding carboxylic acids is 1. The minimum Gasteiger partial charge on any atom is -0.322 e. The normalized spacial score (nSPS) is 11.0. The van der Waals surface area contributed by atoms with Crippen molar-refractivity contribution in [1.82, 2.24) is 9.97 Å². The number of rotatable bonds is 3. The smallest absolute Gasteiger partial charge is 0.258 e. The third-order valence-electron chi connectivity index (χ3n) is 3.62. The number of aromatic nitrogens is 2. The molecule has 0 fully saturated rings. The molecule has 0 radical (unpaired) electrons. The van der Waals surface area contributed by atoms with E-state index in [1.807, 2.05) is 24.3 Å². The molecule has 116 valence electrons. The van der Waals surface area contributed by atoms with Crippen molar-refractivity contribution in [3.63, 3.8) is 0 Å². The lowest BCUT2D eigenvalue weighted by Crippen LogP contribution is -2.13. The molecule has 3 aromatic rings. The first kappa shape index (κ1) is 15.1. The van der Waals surface area contributed by atoms with Gasteiger partial charge >= 0.3 is 0 Å². The summed E-state index contributed by atoms with van der Waals surface area (Å²) in [4.78, 5) is 20.6. The van der Waals surface area contributed by atoms with Crippen LogP contribution in [0.3, 0.4) is 0 Å². The standard InChI is InChI=1S/C18H16FN3O/c1-11(2)12-3-5-14(6-4-12)22-18(23)15-9-13(19)10-16-17(15)21-8-7-20-16/h3-11H,1-2H3,(H,22,23). The lowest BCUT2D eigenvalue weighted by atomic mass is 10.0. The van der Waals surface area contributed by atoms with Crippen LogP contribution in [0.4, 0.5) is 10.1 Å². The van der Waals surface area contributed by atoms with E-state index < -0.39 is 11.7 Å². The Hall–Kier alpha value is -2.82. The Bertz CT molecular complexity index is 860. The van der Waals surface area contributed by atoms with E-state index in [4.69, 9.17) is 0 Å². The van der Waals surface area contributed by atoms with Gasteiger partial charge in [-0.1, -0.05) is 26.0 Å². The number of hydrogen-bond donors (Lipinski definition) is 1. The first-order chi connectivity index (χ1) is 11.0. The average molecular weight is 309 g/mol. The van der Waals surface area contributed by atoms with Gasteiger partial charge in [-0.05, 0) is 29.7 Å². The summed E-state index contributed by atoms with van der Waals surface area (Å²) in [7, 11) is 0. The fourth-order valence-electron chi connectivity index (χ4n) is 2.36. The fourth-order valence-corrected chi connectivity index (χ4v) is 2.36. The van der Waals surface area contributed by atoms with Crippen molar-refractivity contribution < 1.29 is 9.18 Å². The highest BCUT2D eigenvalue weighted by Crippen LogP contribution is 2.20. The Morgan fingerprint density at radius 1 is 1.09 bits per heavy atom. The van der Waals surface area contributed by atoms with Gasteiger partial charge < -0.3 is 5.32 Å². The molecule has 23 heavy (non-hydrogen) atoms. The fraction of sp³-hybridized carbons (Fsp3) is 0.167. The molecule has 0 saturated carbocycles. The Kier molecular flexibility index (Phi) is 4.02. The van der Waals surface area contributed by atoms with Crippen molar-refractivity contribution in [3.8, 4) is 0 Å². The number of anilines is 1. The van der Waals surface area contributed by atoms with Gasteiger partial charge in [-0.2, -0.15) is 0 Å². The molecule has 0 aliphatic rings. The minimum atomic E-state index is -0.515. The van der Waals surface area contributed by atoms with Crippen LogP contribution in [0.1, 0.15) is 35.7 Å². The molecule has 5 heteroatoms. The molecule has 0 aliphatic carbocycles. The molecule has 2 aromatic carbocycles. The summed E-state index contributed by atoms with van der Waals surface area (Å²) in [6.45, 7) is 4.20. The Balaban J connectivity index is 1.91. The molecule has 1 aromatic heterocycles. The maximum Gasteiger partial charge on any atom is 0.258 e. The quantitative estimate of drug-likeness (QED) is 0.791. The summed E-state index contributed by atoms with van der Waals surface area (Å²) in [5, 5.41) is 2.77. The predicted octanol–water partition coefficient (Wildman–Crippen LogP) is 4.14. The number of carbonyl (C=O) groups is 1. The summed E-state index contributed by atoms with van der Waals surface area (Å²) < 4.78 is 13.7. The molecule has 0 unspecified atom stereocenters. The number of fused-ring (bicyclic) bond motifs is 1. The zero-order valence-electron chi connectivity index (χ0n) is 12.9. The van der Waals surface area contributed by atoms with Crippen molar-refractivity contribution in [2.24, 2.45) is 0 Å². The lowest BCUT2D eigenvalue weighted by molar-refractivity contribution is 0.102. The Labute approximate surface area is 133 Å². The van der Waals surface area contributed by atoms with E-state index in [0.717, 1.165) is 0 Å². The molecule has 0 aliphatic heterocycles. The SMILES string of the molecule is CC(C)c1ccc(NC(=O)c2cc(F)cc3nccnc23)cc1. The van der Waals surface area contributed by atoms with Gasteiger partial charge in [-0.25, -0.2) is 4.39 Å². The van der Waals surface area contributed by atoms with E-state index in [1.54, 1.807) is 0 Å². The lowest BCUT2D eigenvalue weighted by Gasteiger charge is -2.09. The molecule has 1 heterocycles. The Morgan fingerprint density at radius 3 is 2.48 bits per heavy atom. The second-order valence-corrected chi connectivity index (χ2v) is 5.61. The third kappa shape index (κ3) is 3.18. The molecule has 3 rings (SSSR count). The summed E-state index contributed by atoms with van der Waals surface area (Å²) in [5.41, 5.74) is 2.74. The highest BCUT2D eigenvalue weighted by molar-refractivity contribution is 6.11. The topological polar surface area (TPSA) is 54.9 Å². The van der Waals surface area contributed by atoms with Crippen molar-refractivity contribution in [3.05, 3.63) is 65.7 Å². The second-order valence-electron chi connectivity index (χ2n) is 5.61. The monoisotopic (exact) mass is 309 g/mol. The number of nitrogens with one attached hydrogen (secondary N) is 1. The first-order valence-electron chi connectivity index (χ1n) is 7.36. The summed E-state index contributed by atoms with van der Waals surface area (Å²) in [6, 6.07) is 10.0. The van der Waals surface area contributed by atoms with Gasteiger partial charge in [0.05, 0.1) is 11.1 Å². The van der Waals surface area contributed by atoms with Gasteiger partial charge in [0.25, 0.3) is 5.91 Å². The van der Waals surface area contributed by atoms with Gasteiger partial charge in [-0.3, -0.25) is 14.8 Å². The van der Waals surface area contributed by atoms with Crippen LogP contribution in [0.25, 0.3) is 11.0 Å². The average Bonchev–Trinajstić information content (AvgIpc) is 2.54. The minimum absolute atomic E-state index is 0.168. The van der Waals surface area contributed by atoms with E-state index >= 15 is 0 Å². The highest BCUT2D eigenvalue weighted by atomic mass is 19.1. The van der Waals surface area contributed by atoms with Crippen molar-refractivity contribution in [1.29, 1.82) is 0 Å². The van der Waals surface area contributed by atoms with Gasteiger partial charge in [0.15, 0.2) is 0 Å². The van der Waals surface area contributed by atoms with Gasteiger partial charge in [0.1, 0.15) is 11.3 Å². The number of benzene rings is 2. The Morgan fingerprint density at radius 2 is 1.78 bits per heavy atom. The van der Waals surface area contributed by atoms with Gasteiger partial charge in [-0.15, -0.1) is 0 Å². The predicted molar refractivity (Wildman–Crippen MR) is 88.0 cm³/mol. The maximum atomic E-state index is 13.7. The zero-order chi connectivity index (χ0) is 16.4. The van der Waals surface area contributed by atoms with Crippen LogP contribution < -0.4 is 5.32 Å². The molecule has 0 bridgehead atoms. The van der Waals surface area contributed by atoms with Crippen LogP contribution in [-0.4, -0.2) is 15.9 Å². The molecule has 0 saturated heterocycles. The molecule has 1 amide bonds. The van der Waals surface area contributed by atoms with Crippen molar-refractivity contribution in [2.45, 2.75) is 19.8 Å². The second kappa shape index (κ2) is 6.12. The van der Waals surface area contributed by atoms with Crippen LogP contribution >= 0.6 is 0 Å². The van der Waals surface area contributed by atoms with Gasteiger partial charge in [0, 0.05) is 24.1 Å². The molecular formula is C18H16FN3O. The van der Waals surface area contributed by atoms with E-state index in [-0.39, 0.29) is 5.56 Å². The van der Waals surface area contributed by atoms with Crippen LogP contribution in [0.5, 0.6) is 0 Å². The highest BCUT2D eigenvalue weighted by Gasteiger charge is 2.14. The van der Waals surface area contributed by atoms with Crippen LogP contribution in [0.2, 0.25) is 0 Å². The number of amides is 1. The third-order valence-corrected chi connectivity index (χ3v) is 3.62. The van der Waals surface area contributed by atoms with Crippen LogP contribution in [0.15, 0.2) is 48.8 Å². The van der Waals surface area contributed by atoms with Gasteiger partial charge in [0.2, 0.25) is 0 Å². The molecule has 4 nitrogen and oxygen atoms in total. The van der Waals surface area contributed by atoms with E-state index in [2.05, 4.69) is 29.1 Å². The summed E-state index contributed by atoms with van der Waals surface area (Å²) in [5.74, 6) is -0.507. The summed E-state index contributed by atoms with van der Waals surface area (Å²) in [6.07, 6.45) is 2.95. The van der Waals surface area contributed by atoms with E-state index in [9.17, 15) is 9.18 Å². The summed E-state index contributed by atoms with van der Waals surface area (Å²) >= 11 is 0. The number of hydrogen-bond acceptors (Lipinski definition) is 3. The largest absolute Gasteiger partial charge is 0.322 e. The maximum absolute atomic E-state index is 13.7. The van der Waals surface area contributed by atoms with E-state index in [1.165, 1.54) is 30.1 Å². The van der Waals surface area contributed by atoms with E-state index in [0.29, 0.717) is 22.6 Å². The van der Waals surface area contributed by atoms with Crippen LogP contribution in [0, 0.1) is 5.82 Å². The number of nitrogens with zero attached hydrogens (tertiary/aromatic N) is 2. The van der Waals surface area contributed by atoms with Crippen molar-refractivity contribution in [2.75, 3.05) is 5.32 Å². The molecule has 1 N–H and O–H groups in total.